The van der Waals surface area contributed by atoms with Gasteiger partial charge in [-0.15, -0.1) is 0 Å². The Hall–Kier alpha value is -2.16. The van der Waals surface area contributed by atoms with E-state index in [4.69, 9.17) is 0 Å². The minimum atomic E-state index is -1.10. The van der Waals surface area contributed by atoms with Crippen molar-refractivity contribution in [2.75, 3.05) is 39.3 Å². The normalized spacial score (nSPS) is 11.5. The number of nitrogens with zero attached hydrogens (tertiary/aromatic N) is 1. The number of hydrogen-bond donors (Lipinski definition) is 4. The van der Waals surface area contributed by atoms with Gasteiger partial charge >= 0.3 is 11.9 Å². The largest absolute Gasteiger partial charge is 0.477 e. The van der Waals surface area contributed by atoms with Crippen LogP contribution >= 0.6 is 0 Å². The van der Waals surface area contributed by atoms with Gasteiger partial charge in [-0.25, -0.2) is 9.59 Å². The van der Waals surface area contributed by atoms with Crippen LogP contribution in [-0.4, -0.2) is 77.7 Å². The molecule has 0 aliphatic carbocycles. The van der Waals surface area contributed by atoms with Crippen LogP contribution in [0.1, 0.15) is 194 Å². The second kappa shape index (κ2) is 34.3. The Morgan fingerprint density at radius 1 is 0.408 bits per heavy atom. The van der Waals surface area contributed by atoms with E-state index in [-0.39, 0.29) is 55.6 Å². The van der Waals surface area contributed by atoms with Gasteiger partial charge in [-0.3, -0.25) is 9.59 Å². The van der Waals surface area contributed by atoms with Gasteiger partial charge in [0.15, 0.2) is 13.1 Å². The van der Waals surface area contributed by atoms with E-state index in [2.05, 4.69) is 24.5 Å². The van der Waals surface area contributed by atoms with Gasteiger partial charge in [0, 0.05) is 12.8 Å². The number of carbonyl (C=O) groups is 4. The zero-order valence-corrected chi connectivity index (χ0v) is 32.0. The number of hydrogen-bond acceptors (Lipinski definition) is 4. The second-order valence-corrected chi connectivity index (χ2v) is 14.6. The molecule has 0 heterocycles. The van der Waals surface area contributed by atoms with E-state index in [0.717, 1.165) is 38.5 Å². The first-order valence-corrected chi connectivity index (χ1v) is 20.6. The smallest absolute Gasteiger partial charge is 0.359 e. The maximum absolute atomic E-state index is 12.4. The monoisotopic (exact) mass is 697 g/mol. The quantitative estimate of drug-likeness (QED) is 0.0376. The molecule has 0 aromatic rings. The lowest BCUT2D eigenvalue weighted by molar-refractivity contribution is -0.912. The predicted octanol–water partition coefficient (Wildman–Crippen LogP) is 9.17. The van der Waals surface area contributed by atoms with Crippen LogP contribution in [-0.2, 0) is 19.2 Å². The average Bonchev–Trinajstić information content (AvgIpc) is 3.04. The molecule has 0 bridgehead atoms. The topological polar surface area (TPSA) is 133 Å². The van der Waals surface area contributed by atoms with Crippen molar-refractivity contribution >= 4 is 23.8 Å². The Morgan fingerprint density at radius 3 is 0.898 bits per heavy atom. The lowest BCUT2D eigenvalue weighted by atomic mass is 10.0. The highest BCUT2D eigenvalue weighted by Gasteiger charge is 2.33. The molecule has 0 radical (unpaired) electrons. The van der Waals surface area contributed by atoms with E-state index >= 15 is 0 Å². The van der Waals surface area contributed by atoms with Gasteiger partial charge in [0.2, 0.25) is 11.8 Å². The van der Waals surface area contributed by atoms with Crippen LogP contribution in [0.15, 0.2) is 0 Å². The van der Waals surface area contributed by atoms with Crippen molar-refractivity contribution in [2.24, 2.45) is 0 Å². The molecule has 0 saturated heterocycles. The maximum atomic E-state index is 12.4. The third-order valence-corrected chi connectivity index (χ3v) is 9.77. The number of carboxylic acids is 2. The molecule has 0 fully saturated rings. The average molecular weight is 697 g/mol. The summed E-state index contributed by atoms with van der Waals surface area (Å²) < 4.78 is -0.233. The van der Waals surface area contributed by atoms with Gasteiger partial charge in [-0.1, -0.05) is 168 Å². The SMILES string of the molecule is CCCCCCCCCCCCCCCC(=O)NCC[N+](CCNC(=O)CCCCCCCCCCCCCCC)(CC(=O)O)CC(=O)O. The Labute approximate surface area is 300 Å². The molecule has 2 amide bonds. The molecule has 49 heavy (non-hydrogen) atoms. The number of carboxylic acid groups (broad SMARTS) is 2. The summed E-state index contributed by atoms with van der Waals surface area (Å²) in [5.41, 5.74) is 0. The fourth-order valence-corrected chi connectivity index (χ4v) is 6.71. The van der Waals surface area contributed by atoms with E-state index in [1.165, 1.54) is 128 Å². The first kappa shape index (κ1) is 46.8. The summed E-state index contributed by atoms with van der Waals surface area (Å²) in [4.78, 5) is 48.3. The van der Waals surface area contributed by atoms with Crippen LogP contribution in [0.5, 0.6) is 0 Å². The number of rotatable bonds is 38. The third kappa shape index (κ3) is 32.8. The number of quaternary nitrogens is 1. The van der Waals surface area contributed by atoms with Crippen LogP contribution in [0.25, 0.3) is 0 Å². The van der Waals surface area contributed by atoms with Gasteiger partial charge in [0.25, 0.3) is 0 Å². The highest BCUT2D eigenvalue weighted by molar-refractivity contribution is 5.76. The molecule has 0 aliphatic heterocycles. The van der Waals surface area contributed by atoms with Crippen LogP contribution in [0.3, 0.4) is 0 Å². The Kier molecular flexibility index (Phi) is 32.8. The van der Waals surface area contributed by atoms with Crippen molar-refractivity contribution in [3.63, 3.8) is 0 Å². The number of amides is 2. The van der Waals surface area contributed by atoms with Crippen LogP contribution in [0.2, 0.25) is 0 Å². The molecule has 4 N–H and O–H groups in total. The van der Waals surface area contributed by atoms with Crippen molar-refractivity contribution in [1.29, 1.82) is 0 Å². The summed E-state index contributed by atoms with van der Waals surface area (Å²) in [5.74, 6) is -2.37. The van der Waals surface area contributed by atoms with Gasteiger partial charge in [-0.2, -0.15) is 0 Å². The summed E-state index contributed by atoms with van der Waals surface area (Å²) in [6.07, 6.45) is 33.1. The maximum Gasteiger partial charge on any atom is 0.359 e. The zero-order chi connectivity index (χ0) is 36.3. The molecular formula is C40H78N3O6+. The number of carbonyl (C=O) groups excluding carboxylic acids is 2. The van der Waals surface area contributed by atoms with E-state index in [0.29, 0.717) is 12.8 Å². The fraction of sp³-hybridized carbons (Fsp3) is 0.900. The van der Waals surface area contributed by atoms with Gasteiger partial charge in [-0.05, 0) is 12.8 Å². The number of unbranched alkanes of at least 4 members (excludes halogenated alkanes) is 24. The lowest BCUT2D eigenvalue weighted by Gasteiger charge is -2.36. The van der Waals surface area contributed by atoms with E-state index in [1.54, 1.807) is 0 Å². The van der Waals surface area contributed by atoms with Gasteiger partial charge in [0.05, 0.1) is 26.2 Å². The second-order valence-electron chi connectivity index (χ2n) is 14.6. The molecule has 0 aromatic heterocycles. The summed E-state index contributed by atoms with van der Waals surface area (Å²) in [5, 5.41) is 24.9. The minimum absolute atomic E-state index is 0.0852. The summed E-state index contributed by atoms with van der Waals surface area (Å²) in [6, 6.07) is 0. The highest BCUT2D eigenvalue weighted by Crippen LogP contribution is 2.14. The molecule has 0 spiro atoms. The van der Waals surface area contributed by atoms with E-state index in [1.807, 2.05) is 0 Å². The lowest BCUT2D eigenvalue weighted by Crippen LogP contribution is -2.59. The standard InChI is InChI=1S/C40H77N3O6/c1-3-5-7-9-11-13-15-17-19-21-23-25-27-29-37(44)41-31-33-43(35-39(46)47,36-40(48)49)34-32-42-38(45)30-28-26-24-22-20-18-16-14-12-10-8-6-4-2/h3-36H2,1-2H3,(H3-,41,42,44,45,46,47,48,49)/p+1. The Bertz CT molecular complexity index is 756. The molecule has 0 saturated carbocycles. The van der Waals surface area contributed by atoms with Crippen molar-refractivity contribution < 1.29 is 33.9 Å². The number of nitrogens with one attached hydrogen (secondary N) is 2. The van der Waals surface area contributed by atoms with Gasteiger partial charge in [0.1, 0.15) is 0 Å². The van der Waals surface area contributed by atoms with E-state index < -0.39 is 11.9 Å². The van der Waals surface area contributed by atoms with Crippen LogP contribution in [0.4, 0.5) is 0 Å². The minimum Gasteiger partial charge on any atom is -0.477 e. The van der Waals surface area contributed by atoms with Crippen molar-refractivity contribution in [2.45, 2.75) is 194 Å². The van der Waals surface area contributed by atoms with Crippen LogP contribution < -0.4 is 10.6 Å². The summed E-state index contributed by atoms with van der Waals surface area (Å²) >= 11 is 0. The molecule has 288 valence electrons. The zero-order valence-electron chi connectivity index (χ0n) is 32.0. The first-order valence-electron chi connectivity index (χ1n) is 20.6. The molecule has 0 rings (SSSR count). The third-order valence-electron chi connectivity index (χ3n) is 9.77. The molecule has 0 atom stereocenters. The molecule has 9 heteroatoms. The Morgan fingerprint density at radius 2 is 0.653 bits per heavy atom. The van der Waals surface area contributed by atoms with Crippen molar-refractivity contribution in [3.8, 4) is 0 Å². The molecular weight excluding hydrogens is 618 g/mol. The van der Waals surface area contributed by atoms with Crippen molar-refractivity contribution in [1.82, 2.24) is 10.6 Å². The molecule has 0 aliphatic rings. The van der Waals surface area contributed by atoms with E-state index in [9.17, 15) is 29.4 Å². The predicted molar refractivity (Wildman–Crippen MR) is 202 cm³/mol. The van der Waals surface area contributed by atoms with Crippen LogP contribution in [0, 0.1) is 0 Å². The molecule has 9 nitrogen and oxygen atoms in total. The summed E-state index contributed by atoms with van der Waals surface area (Å²) in [6.45, 7) is 4.49. The molecule has 0 aromatic carbocycles. The number of aliphatic carboxylic acids is 2. The Balaban J connectivity index is 4.19. The summed E-state index contributed by atoms with van der Waals surface area (Å²) in [7, 11) is 0. The fourth-order valence-electron chi connectivity index (χ4n) is 6.71. The highest BCUT2D eigenvalue weighted by atomic mass is 16.4. The van der Waals surface area contributed by atoms with Crippen molar-refractivity contribution in [3.05, 3.63) is 0 Å². The van der Waals surface area contributed by atoms with Gasteiger partial charge < -0.3 is 25.3 Å². The first-order chi connectivity index (χ1) is 23.7. The molecule has 0 unspecified atom stereocenters.